The summed E-state index contributed by atoms with van der Waals surface area (Å²) in [4.78, 5) is 0. The third kappa shape index (κ3) is 16.3. The molecule has 0 saturated carbocycles. The van der Waals surface area contributed by atoms with Crippen LogP contribution in [0.4, 0.5) is 0 Å². The van der Waals surface area contributed by atoms with E-state index in [0.29, 0.717) is 0 Å². The average molecular weight is 317 g/mol. The molecular formula is C18H40O2Si. The molecule has 3 heteroatoms. The largest absolute Gasteiger partial charge is 0.395 e. The van der Waals surface area contributed by atoms with E-state index in [1.54, 1.807) is 0 Å². The average Bonchev–Trinajstić information content (AvgIpc) is 2.45. The normalized spacial score (nSPS) is 12.0. The van der Waals surface area contributed by atoms with Gasteiger partial charge in [0.25, 0.3) is 0 Å². The van der Waals surface area contributed by atoms with Gasteiger partial charge in [-0.2, -0.15) is 0 Å². The second kappa shape index (κ2) is 15.0. The molecule has 0 aliphatic carbocycles. The minimum atomic E-state index is -1.84. The summed E-state index contributed by atoms with van der Waals surface area (Å²) in [6.07, 6.45) is 16.0. The van der Waals surface area contributed by atoms with Crippen molar-refractivity contribution in [3.8, 4) is 0 Å². The maximum Gasteiger partial charge on any atom is 0.331 e. The maximum atomic E-state index is 5.99. The molecule has 0 atom stereocenters. The van der Waals surface area contributed by atoms with Gasteiger partial charge in [-0.1, -0.05) is 78.1 Å². The Bertz CT molecular complexity index is 207. The maximum absolute atomic E-state index is 5.99. The van der Waals surface area contributed by atoms with Gasteiger partial charge >= 0.3 is 8.56 Å². The van der Waals surface area contributed by atoms with Gasteiger partial charge in [-0.05, 0) is 25.9 Å². The van der Waals surface area contributed by atoms with Gasteiger partial charge in [0.2, 0.25) is 0 Å². The van der Waals surface area contributed by atoms with Gasteiger partial charge in [0.1, 0.15) is 0 Å². The van der Waals surface area contributed by atoms with E-state index in [4.69, 9.17) is 8.85 Å². The highest BCUT2D eigenvalue weighted by Crippen LogP contribution is 2.12. The summed E-state index contributed by atoms with van der Waals surface area (Å²) < 4.78 is 11.9. The fourth-order valence-electron chi connectivity index (χ4n) is 2.44. The Hall–Kier alpha value is 0.137. The van der Waals surface area contributed by atoms with E-state index in [1.165, 1.54) is 77.0 Å². The van der Waals surface area contributed by atoms with Gasteiger partial charge in [-0.3, -0.25) is 0 Å². The summed E-state index contributed by atoms with van der Waals surface area (Å²) in [7, 11) is -1.84. The van der Waals surface area contributed by atoms with Gasteiger partial charge in [-0.25, -0.2) is 0 Å². The smallest absolute Gasteiger partial charge is 0.331 e. The van der Waals surface area contributed by atoms with Crippen LogP contribution in [-0.4, -0.2) is 21.8 Å². The zero-order chi connectivity index (χ0) is 15.8. The van der Waals surface area contributed by atoms with E-state index >= 15 is 0 Å². The molecule has 0 aromatic carbocycles. The van der Waals surface area contributed by atoms with Crippen molar-refractivity contribution in [3.63, 3.8) is 0 Å². The number of hydrogen-bond donors (Lipinski definition) is 0. The fourth-order valence-corrected chi connectivity index (χ4v) is 3.80. The Morgan fingerprint density at radius 2 is 0.857 bits per heavy atom. The third-order valence-electron chi connectivity index (χ3n) is 3.90. The van der Waals surface area contributed by atoms with Crippen LogP contribution in [0.15, 0.2) is 0 Å². The van der Waals surface area contributed by atoms with Crippen molar-refractivity contribution < 1.29 is 8.85 Å². The first-order valence-corrected chi connectivity index (χ1v) is 12.2. The van der Waals surface area contributed by atoms with E-state index in [1.807, 2.05) is 0 Å². The molecule has 0 aromatic heterocycles. The molecule has 0 aliphatic heterocycles. The standard InChI is InChI=1S/C18H40O2Si/c1-5-7-9-10-11-12-13-14-16-18-20-21(3,4)19-17-15-8-6-2/h5-18H2,1-4H3. The Morgan fingerprint density at radius 3 is 1.33 bits per heavy atom. The van der Waals surface area contributed by atoms with Crippen LogP contribution in [0.1, 0.15) is 90.9 Å². The summed E-state index contributed by atoms with van der Waals surface area (Å²) >= 11 is 0. The van der Waals surface area contributed by atoms with Crippen molar-refractivity contribution in [2.45, 2.75) is 104 Å². The van der Waals surface area contributed by atoms with Gasteiger partial charge < -0.3 is 8.85 Å². The number of unbranched alkanes of at least 4 members (excludes halogenated alkanes) is 10. The van der Waals surface area contributed by atoms with E-state index in [9.17, 15) is 0 Å². The van der Waals surface area contributed by atoms with Gasteiger partial charge in [0.05, 0.1) is 0 Å². The quantitative estimate of drug-likeness (QED) is 0.241. The molecule has 0 bridgehead atoms. The van der Waals surface area contributed by atoms with Gasteiger partial charge in [0.15, 0.2) is 0 Å². The van der Waals surface area contributed by atoms with Crippen LogP contribution in [0.5, 0.6) is 0 Å². The number of rotatable bonds is 16. The molecule has 0 aliphatic rings. The van der Waals surface area contributed by atoms with Crippen LogP contribution < -0.4 is 0 Å². The van der Waals surface area contributed by atoms with E-state index in [-0.39, 0.29) is 0 Å². The predicted octanol–water partition coefficient (Wildman–Crippen LogP) is 6.44. The molecule has 0 unspecified atom stereocenters. The molecule has 0 saturated heterocycles. The SMILES string of the molecule is CCCCCCCCCCCO[Si](C)(C)OCCCCC. The first-order valence-electron chi connectivity index (χ1n) is 9.40. The molecule has 0 rings (SSSR count). The third-order valence-corrected chi connectivity index (χ3v) is 5.69. The zero-order valence-electron chi connectivity index (χ0n) is 15.2. The van der Waals surface area contributed by atoms with Crippen molar-refractivity contribution in [1.82, 2.24) is 0 Å². The zero-order valence-corrected chi connectivity index (χ0v) is 16.2. The minimum Gasteiger partial charge on any atom is -0.395 e. The van der Waals surface area contributed by atoms with E-state index in [0.717, 1.165) is 13.2 Å². The molecular weight excluding hydrogens is 276 g/mol. The summed E-state index contributed by atoms with van der Waals surface area (Å²) in [6.45, 7) is 10.6. The lowest BCUT2D eigenvalue weighted by molar-refractivity contribution is 0.173. The predicted molar refractivity (Wildman–Crippen MR) is 96.1 cm³/mol. The monoisotopic (exact) mass is 316 g/mol. The Kier molecular flexibility index (Phi) is 15.1. The molecule has 0 heterocycles. The van der Waals surface area contributed by atoms with Crippen LogP contribution >= 0.6 is 0 Å². The van der Waals surface area contributed by atoms with Crippen molar-refractivity contribution >= 4 is 8.56 Å². The first-order chi connectivity index (χ1) is 10.1. The van der Waals surface area contributed by atoms with Crippen molar-refractivity contribution in [3.05, 3.63) is 0 Å². The Morgan fingerprint density at radius 1 is 0.524 bits per heavy atom. The highest BCUT2D eigenvalue weighted by Gasteiger charge is 2.23. The van der Waals surface area contributed by atoms with E-state index in [2.05, 4.69) is 26.9 Å². The Balaban J connectivity index is 3.28. The van der Waals surface area contributed by atoms with Crippen LogP contribution in [-0.2, 0) is 8.85 Å². The fraction of sp³-hybridized carbons (Fsp3) is 1.00. The van der Waals surface area contributed by atoms with Crippen LogP contribution in [0, 0.1) is 0 Å². The molecule has 2 nitrogen and oxygen atoms in total. The molecule has 0 spiro atoms. The first kappa shape index (κ1) is 21.1. The van der Waals surface area contributed by atoms with E-state index < -0.39 is 8.56 Å². The van der Waals surface area contributed by atoms with Crippen molar-refractivity contribution in [2.24, 2.45) is 0 Å². The lowest BCUT2D eigenvalue weighted by Gasteiger charge is -2.22. The summed E-state index contributed by atoms with van der Waals surface area (Å²) in [6, 6.07) is 0. The van der Waals surface area contributed by atoms with Crippen LogP contribution in [0.3, 0.4) is 0 Å². The molecule has 0 fully saturated rings. The highest BCUT2D eigenvalue weighted by atomic mass is 28.4. The van der Waals surface area contributed by atoms with Gasteiger partial charge in [0, 0.05) is 13.2 Å². The van der Waals surface area contributed by atoms with Crippen molar-refractivity contribution in [1.29, 1.82) is 0 Å². The summed E-state index contributed by atoms with van der Waals surface area (Å²) in [5.41, 5.74) is 0. The number of hydrogen-bond acceptors (Lipinski definition) is 2. The second-order valence-corrected chi connectivity index (χ2v) is 10.0. The lowest BCUT2D eigenvalue weighted by Crippen LogP contribution is -2.35. The molecule has 0 amide bonds. The van der Waals surface area contributed by atoms with Crippen LogP contribution in [0.25, 0.3) is 0 Å². The summed E-state index contributed by atoms with van der Waals surface area (Å²) in [5, 5.41) is 0. The topological polar surface area (TPSA) is 18.5 Å². The summed E-state index contributed by atoms with van der Waals surface area (Å²) in [5.74, 6) is 0. The van der Waals surface area contributed by atoms with Crippen LogP contribution in [0.2, 0.25) is 13.1 Å². The molecule has 128 valence electrons. The second-order valence-electron chi connectivity index (χ2n) is 6.63. The molecule has 0 N–H and O–H groups in total. The van der Waals surface area contributed by atoms with Gasteiger partial charge in [-0.15, -0.1) is 0 Å². The Labute approximate surface area is 135 Å². The van der Waals surface area contributed by atoms with Crippen molar-refractivity contribution in [2.75, 3.05) is 13.2 Å². The molecule has 0 aromatic rings. The highest BCUT2D eigenvalue weighted by molar-refractivity contribution is 6.64. The lowest BCUT2D eigenvalue weighted by atomic mass is 10.1. The minimum absolute atomic E-state index is 0.880. The molecule has 0 radical (unpaired) electrons. The molecule has 21 heavy (non-hydrogen) atoms.